The Morgan fingerprint density at radius 1 is 1.11 bits per heavy atom. The van der Waals surface area contributed by atoms with Crippen molar-refractivity contribution in [3.63, 3.8) is 0 Å². The molecular formula is C21H15FN2O3. The summed E-state index contributed by atoms with van der Waals surface area (Å²) in [6.45, 7) is 0. The Kier molecular flexibility index (Phi) is 4.08. The number of nitrogens with zero attached hydrogens (tertiary/aromatic N) is 1. The zero-order chi connectivity index (χ0) is 19.0. The van der Waals surface area contributed by atoms with Crippen LogP contribution in [-0.2, 0) is 0 Å². The molecule has 0 bridgehead atoms. The molecule has 0 aliphatic heterocycles. The van der Waals surface area contributed by atoms with Gasteiger partial charge in [0.05, 0.1) is 18.4 Å². The van der Waals surface area contributed by atoms with E-state index in [2.05, 4.69) is 4.98 Å². The summed E-state index contributed by atoms with van der Waals surface area (Å²) in [6, 6.07) is 13.5. The molecule has 0 radical (unpaired) electrons. The van der Waals surface area contributed by atoms with Gasteiger partial charge in [0.2, 0.25) is 0 Å². The molecule has 1 heterocycles. The second-order valence-corrected chi connectivity index (χ2v) is 5.99. The van der Waals surface area contributed by atoms with Crippen LogP contribution in [-0.4, -0.2) is 18.4 Å². The molecule has 0 aliphatic carbocycles. The first-order valence-corrected chi connectivity index (χ1v) is 8.17. The van der Waals surface area contributed by atoms with Crippen LogP contribution in [0.15, 0.2) is 59.3 Å². The molecule has 27 heavy (non-hydrogen) atoms. The molecule has 3 aromatic carbocycles. The minimum absolute atomic E-state index is 0.0303. The summed E-state index contributed by atoms with van der Waals surface area (Å²) in [6.07, 6.45) is 1.88. The van der Waals surface area contributed by atoms with Gasteiger partial charge in [0.15, 0.2) is 18.3 Å². The molecule has 2 N–H and O–H groups in total. The highest BCUT2D eigenvalue weighted by Crippen LogP contribution is 2.38. The van der Waals surface area contributed by atoms with Gasteiger partial charge >= 0.3 is 0 Å². The van der Waals surface area contributed by atoms with Crippen LogP contribution in [0.3, 0.4) is 0 Å². The summed E-state index contributed by atoms with van der Waals surface area (Å²) in [5, 5.41) is 0. The standard InChI is InChI=1S/C21H15FN2O3/c1-26-19-6-3-13(8-17(19)23)21-14(4-5-16(22)15(21)10-25)12-2-7-20-18(9-12)24-11-27-20/h2-11H,23H2,1H3. The van der Waals surface area contributed by atoms with E-state index in [1.54, 1.807) is 30.3 Å². The van der Waals surface area contributed by atoms with Gasteiger partial charge in [-0.2, -0.15) is 0 Å². The topological polar surface area (TPSA) is 78.4 Å². The monoisotopic (exact) mass is 362 g/mol. The molecule has 6 heteroatoms. The highest BCUT2D eigenvalue weighted by Gasteiger charge is 2.18. The number of hydrogen-bond acceptors (Lipinski definition) is 5. The van der Waals surface area contributed by atoms with E-state index in [0.29, 0.717) is 45.5 Å². The lowest BCUT2D eigenvalue weighted by atomic mass is 9.90. The number of anilines is 1. The summed E-state index contributed by atoms with van der Waals surface area (Å²) in [4.78, 5) is 15.8. The number of fused-ring (bicyclic) bond motifs is 1. The van der Waals surface area contributed by atoms with E-state index in [1.807, 2.05) is 12.1 Å². The van der Waals surface area contributed by atoms with Crippen molar-refractivity contribution in [3.05, 3.63) is 66.3 Å². The van der Waals surface area contributed by atoms with Gasteiger partial charge in [-0.15, -0.1) is 0 Å². The van der Waals surface area contributed by atoms with Crippen LogP contribution in [0.25, 0.3) is 33.4 Å². The molecule has 0 aliphatic rings. The normalized spacial score (nSPS) is 10.9. The Labute approximate surface area is 154 Å². The zero-order valence-corrected chi connectivity index (χ0v) is 14.4. The minimum Gasteiger partial charge on any atom is -0.495 e. The number of methoxy groups -OCH3 is 1. The number of oxazole rings is 1. The Bertz CT molecular complexity index is 1170. The predicted octanol–water partition coefficient (Wildman–Crippen LogP) is 4.70. The van der Waals surface area contributed by atoms with Gasteiger partial charge in [-0.05, 0) is 47.0 Å². The third-order valence-electron chi connectivity index (χ3n) is 4.47. The molecule has 0 unspecified atom stereocenters. The van der Waals surface area contributed by atoms with E-state index >= 15 is 0 Å². The van der Waals surface area contributed by atoms with Crippen molar-refractivity contribution in [1.29, 1.82) is 0 Å². The molecule has 134 valence electrons. The number of aromatic nitrogens is 1. The van der Waals surface area contributed by atoms with Gasteiger partial charge in [-0.25, -0.2) is 9.37 Å². The number of benzene rings is 3. The fourth-order valence-electron chi connectivity index (χ4n) is 3.18. The average Bonchev–Trinajstić information content (AvgIpc) is 3.15. The van der Waals surface area contributed by atoms with E-state index in [9.17, 15) is 9.18 Å². The number of aldehydes is 1. The second kappa shape index (κ2) is 6.57. The highest BCUT2D eigenvalue weighted by molar-refractivity contribution is 5.98. The van der Waals surface area contributed by atoms with Gasteiger partial charge in [-0.1, -0.05) is 18.2 Å². The maximum atomic E-state index is 14.4. The van der Waals surface area contributed by atoms with Gasteiger partial charge in [0.25, 0.3) is 0 Å². The van der Waals surface area contributed by atoms with Gasteiger partial charge in [-0.3, -0.25) is 4.79 Å². The summed E-state index contributed by atoms with van der Waals surface area (Å²) >= 11 is 0. The summed E-state index contributed by atoms with van der Waals surface area (Å²) < 4.78 is 24.8. The molecule has 0 atom stereocenters. The largest absolute Gasteiger partial charge is 0.495 e. The lowest BCUT2D eigenvalue weighted by Crippen LogP contribution is -1.98. The molecule has 0 saturated heterocycles. The quantitative estimate of drug-likeness (QED) is 0.420. The van der Waals surface area contributed by atoms with Crippen LogP contribution in [0.1, 0.15) is 10.4 Å². The Morgan fingerprint density at radius 3 is 2.67 bits per heavy atom. The number of ether oxygens (including phenoxy) is 1. The van der Waals surface area contributed by atoms with Crippen LogP contribution >= 0.6 is 0 Å². The third kappa shape index (κ3) is 2.81. The van der Waals surface area contributed by atoms with Crippen molar-refractivity contribution in [2.75, 3.05) is 12.8 Å². The van der Waals surface area contributed by atoms with Crippen LogP contribution in [0.4, 0.5) is 10.1 Å². The minimum atomic E-state index is -0.597. The molecule has 4 rings (SSSR count). The first kappa shape index (κ1) is 16.8. The third-order valence-corrected chi connectivity index (χ3v) is 4.47. The van der Waals surface area contributed by atoms with Crippen molar-refractivity contribution in [2.45, 2.75) is 0 Å². The molecule has 5 nitrogen and oxygen atoms in total. The molecular weight excluding hydrogens is 347 g/mol. The first-order chi connectivity index (χ1) is 13.1. The Morgan fingerprint density at radius 2 is 1.93 bits per heavy atom. The number of hydrogen-bond donors (Lipinski definition) is 1. The van der Waals surface area contributed by atoms with Crippen LogP contribution in [0.5, 0.6) is 5.75 Å². The number of carbonyl (C=O) groups is 1. The Balaban J connectivity index is 2.00. The number of rotatable bonds is 4. The number of halogens is 1. The number of carbonyl (C=O) groups excluding carboxylic acids is 1. The van der Waals surface area contributed by atoms with E-state index in [4.69, 9.17) is 14.9 Å². The predicted molar refractivity (Wildman–Crippen MR) is 101 cm³/mol. The summed E-state index contributed by atoms with van der Waals surface area (Å²) in [5.41, 5.74) is 10.2. The lowest BCUT2D eigenvalue weighted by molar-refractivity contribution is 0.112. The van der Waals surface area contributed by atoms with Gasteiger partial charge < -0.3 is 14.9 Å². The zero-order valence-electron chi connectivity index (χ0n) is 14.4. The molecule has 0 saturated carbocycles. The van der Waals surface area contributed by atoms with Crippen molar-refractivity contribution in [1.82, 2.24) is 4.98 Å². The molecule has 0 spiro atoms. The molecule has 0 fully saturated rings. The summed E-state index contributed by atoms with van der Waals surface area (Å²) in [7, 11) is 1.52. The lowest BCUT2D eigenvalue weighted by Gasteiger charge is -2.15. The van der Waals surface area contributed by atoms with E-state index in [-0.39, 0.29) is 5.56 Å². The first-order valence-electron chi connectivity index (χ1n) is 8.17. The van der Waals surface area contributed by atoms with E-state index in [0.717, 1.165) is 5.56 Å². The van der Waals surface area contributed by atoms with Crippen molar-refractivity contribution in [2.24, 2.45) is 0 Å². The molecule has 4 aromatic rings. The fraction of sp³-hybridized carbons (Fsp3) is 0.0476. The summed E-state index contributed by atoms with van der Waals surface area (Å²) in [5.74, 6) is -0.0889. The maximum absolute atomic E-state index is 14.4. The second-order valence-electron chi connectivity index (χ2n) is 5.99. The van der Waals surface area contributed by atoms with Crippen molar-refractivity contribution >= 4 is 23.1 Å². The molecule has 1 aromatic heterocycles. The van der Waals surface area contributed by atoms with Gasteiger partial charge in [0.1, 0.15) is 17.1 Å². The van der Waals surface area contributed by atoms with Crippen LogP contribution < -0.4 is 10.5 Å². The SMILES string of the molecule is COc1ccc(-c2c(-c3ccc4ocnc4c3)ccc(F)c2C=O)cc1N. The molecule has 0 amide bonds. The average molecular weight is 362 g/mol. The smallest absolute Gasteiger partial charge is 0.181 e. The number of nitrogen functional groups attached to an aromatic ring is 1. The van der Waals surface area contributed by atoms with Crippen LogP contribution in [0, 0.1) is 5.82 Å². The van der Waals surface area contributed by atoms with Crippen molar-refractivity contribution in [3.8, 4) is 28.0 Å². The van der Waals surface area contributed by atoms with Crippen molar-refractivity contribution < 1.29 is 18.3 Å². The fourth-order valence-corrected chi connectivity index (χ4v) is 3.18. The van der Waals surface area contributed by atoms with Gasteiger partial charge in [0, 0.05) is 5.56 Å². The Hall–Kier alpha value is -3.67. The highest BCUT2D eigenvalue weighted by atomic mass is 19.1. The van der Waals surface area contributed by atoms with E-state index < -0.39 is 5.82 Å². The van der Waals surface area contributed by atoms with Crippen LogP contribution in [0.2, 0.25) is 0 Å². The number of nitrogens with two attached hydrogens (primary N) is 1. The van der Waals surface area contributed by atoms with E-state index in [1.165, 1.54) is 19.6 Å². The maximum Gasteiger partial charge on any atom is 0.181 e.